The fourth-order valence-electron chi connectivity index (χ4n) is 2.12. The van der Waals surface area contributed by atoms with Crippen LogP contribution in [0.15, 0.2) is 30.3 Å². The van der Waals surface area contributed by atoms with Crippen molar-refractivity contribution in [3.05, 3.63) is 30.3 Å². The van der Waals surface area contributed by atoms with E-state index in [2.05, 4.69) is 0 Å². The first kappa shape index (κ1) is 14.4. The molecule has 1 amide bonds. The van der Waals surface area contributed by atoms with E-state index in [-0.39, 0.29) is 23.7 Å². The molecule has 0 saturated carbocycles. The standard InChI is InChI=1S/C15H21NO2/c1-11(2)15(10-12(3)17)16(13(4)18)14-8-6-5-7-9-14/h5-9,11,15H,10H2,1-4H3/t15-/m1/s1. The summed E-state index contributed by atoms with van der Waals surface area (Å²) in [4.78, 5) is 25.0. The molecule has 1 atom stereocenters. The van der Waals surface area contributed by atoms with Gasteiger partial charge < -0.3 is 4.90 Å². The first-order valence-corrected chi connectivity index (χ1v) is 6.27. The molecule has 1 aromatic rings. The monoisotopic (exact) mass is 247 g/mol. The molecule has 3 heteroatoms. The van der Waals surface area contributed by atoms with Crippen LogP contribution < -0.4 is 4.90 Å². The third kappa shape index (κ3) is 3.69. The van der Waals surface area contributed by atoms with Crippen LogP contribution in [0.4, 0.5) is 5.69 Å². The zero-order valence-electron chi connectivity index (χ0n) is 11.5. The molecule has 0 aliphatic heterocycles. The maximum atomic E-state index is 11.9. The Morgan fingerprint density at radius 2 is 1.67 bits per heavy atom. The van der Waals surface area contributed by atoms with Crippen LogP contribution in [-0.4, -0.2) is 17.7 Å². The first-order chi connectivity index (χ1) is 8.43. The normalized spacial score (nSPS) is 12.3. The van der Waals surface area contributed by atoms with Gasteiger partial charge in [-0.3, -0.25) is 9.59 Å². The smallest absolute Gasteiger partial charge is 0.224 e. The van der Waals surface area contributed by atoms with Gasteiger partial charge in [0.05, 0.1) is 0 Å². The molecule has 0 bridgehead atoms. The highest BCUT2D eigenvalue weighted by molar-refractivity contribution is 5.93. The molecule has 1 aromatic carbocycles. The van der Waals surface area contributed by atoms with E-state index in [4.69, 9.17) is 0 Å². The number of carbonyl (C=O) groups excluding carboxylic acids is 2. The summed E-state index contributed by atoms with van der Waals surface area (Å²) in [6, 6.07) is 9.43. The average Bonchev–Trinajstić information content (AvgIpc) is 2.28. The van der Waals surface area contributed by atoms with E-state index in [9.17, 15) is 9.59 Å². The number of Topliss-reactive ketones (excluding diaryl/α,β-unsaturated/α-hetero) is 1. The second-order valence-corrected chi connectivity index (χ2v) is 4.94. The maximum Gasteiger partial charge on any atom is 0.224 e. The van der Waals surface area contributed by atoms with Crippen LogP contribution in [0.3, 0.4) is 0 Å². The number of hydrogen-bond donors (Lipinski definition) is 0. The van der Waals surface area contributed by atoms with Gasteiger partial charge in [0.25, 0.3) is 0 Å². The molecule has 0 fully saturated rings. The van der Waals surface area contributed by atoms with Gasteiger partial charge in [-0.15, -0.1) is 0 Å². The van der Waals surface area contributed by atoms with Crippen LogP contribution in [0.1, 0.15) is 34.1 Å². The quantitative estimate of drug-likeness (QED) is 0.802. The number of amides is 1. The number of benzene rings is 1. The van der Waals surface area contributed by atoms with Crippen molar-refractivity contribution in [3.8, 4) is 0 Å². The van der Waals surface area contributed by atoms with Crippen molar-refractivity contribution >= 4 is 17.4 Å². The Labute approximate surface area is 109 Å². The van der Waals surface area contributed by atoms with Gasteiger partial charge in [0.2, 0.25) is 5.91 Å². The summed E-state index contributed by atoms with van der Waals surface area (Å²) >= 11 is 0. The Hall–Kier alpha value is -1.64. The van der Waals surface area contributed by atoms with E-state index >= 15 is 0 Å². The summed E-state index contributed by atoms with van der Waals surface area (Å²) in [6.07, 6.45) is 0.395. The largest absolute Gasteiger partial charge is 0.309 e. The molecule has 0 spiro atoms. The minimum absolute atomic E-state index is 0.0267. The van der Waals surface area contributed by atoms with E-state index in [0.29, 0.717) is 6.42 Å². The number of nitrogens with zero attached hydrogens (tertiary/aromatic N) is 1. The Morgan fingerprint density at radius 1 is 1.11 bits per heavy atom. The molecule has 0 aromatic heterocycles. The highest BCUT2D eigenvalue weighted by atomic mass is 16.2. The van der Waals surface area contributed by atoms with Gasteiger partial charge in [-0.05, 0) is 25.0 Å². The van der Waals surface area contributed by atoms with Gasteiger partial charge in [-0.25, -0.2) is 0 Å². The fourth-order valence-corrected chi connectivity index (χ4v) is 2.12. The zero-order valence-corrected chi connectivity index (χ0v) is 11.5. The van der Waals surface area contributed by atoms with Crippen molar-refractivity contribution < 1.29 is 9.59 Å². The molecule has 0 aliphatic carbocycles. The number of para-hydroxylation sites is 1. The lowest BCUT2D eigenvalue weighted by molar-refractivity contribution is -0.118. The number of anilines is 1. The second-order valence-electron chi connectivity index (χ2n) is 4.94. The molecule has 0 saturated heterocycles. The number of hydrogen-bond acceptors (Lipinski definition) is 2. The molecule has 0 heterocycles. The summed E-state index contributed by atoms with van der Waals surface area (Å²) in [6.45, 7) is 7.18. The third-order valence-corrected chi connectivity index (χ3v) is 2.97. The molecular weight excluding hydrogens is 226 g/mol. The Kier molecular flexibility index (Phi) is 5.08. The fraction of sp³-hybridized carbons (Fsp3) is 0.467. The Bertz CT molecular complexity index is 412. The summed E-state index contributed by atoms with van der Waals surface area (Å²) in [5.74, 6) is 0.315. The summed E-state index contributed by atoms with van der Waals surface area (Å²) in [5, 5.41) is 0. The molecule has 0 N–H and O–H groups in total. The van der Waals surface area contributed by atoms with Crippen LogP contribution in [0.2, 0.25) is 0 Å². The molecule has 18 heavy (non-hydrogen) atoms. The molecule has 1 rings (SSSR count). The van der Waals surface area contributed by atoms with E-state index in [0.717, 1.165) is 5.69 Å². The number of rotatable bonds is 5. The van der Waals surface area contributed by atoms with Crippen molar-refractivity contribution in [1.82, 2.24) is 0 Å². The van der Waals surface area contributed by atoms with Gasteiger partial charge in [0.15, 0.2) is 0 Å². The van der Waals surface area contributed by atoms with Gasteiger partial charge in [-0.2, -0.15) is 0 Å². The van der Waals surface area contributed by atoms with Gasteiger partial charge in [0.1, 0.15) is 5.78 Å². The summed E-state index contributed by atoms with van der Waals surface area (Å²) < 4.78 is 0. The van der Waals surface area contributed by atoms with E-state index in [1.54, 1.807) is 18.7 Å². The van der Waals surface area contributed by atoms with Crippen molar-refractivity contribution in [2.24, 2.45) is 5.92 Å². The van der Waals surface area contributed by atoms with Crippen molar-refractivity contribution in [2.75, 3.05) is 4.90 Å². The minimum atomic E-state index is -0.0811. The summed E-state index contributed by atoms with van der Waals surface area (Å²) in [7, 11) is 0. The Balaban J connectivity index is 3.09. The maximum absolute atomic E-state index is 11.9. The van der Waals surface area contributed by atoms with Crippen molar-refractivity contribution in [3.63, 3.8) is 0 Å². The molecule has 0 aliphatic rings. The van der Waals surface area contributed by atoms with Crippen LogP contribution in [-0.2, 0) is 9.59 Å². The molecule has 3 nitrogen and oxygen atoms in total. The van der Waals surface area contributed by atoms with E-state index in [1.165, 1.54) is 0 Å². The van der Waals surface area contributed by atoms with Crippen LogP contribution in [0.5, 0.6) is 0 Å². The lowest BCUT2D eigenvalue weighted by Crippen LogP contribution is -2.43. The minimum Gasteiger partial charge on any atom is -0.309 e. The van der Waals surface area contributed by atoms with Gasteiger partial charge >= 0.3 is 0 Å². The number of carbonyl (C=O) groups is 2. The average molecular weight is 247 g/mol. The molecule has 0 radical (unpaired) electrons. The topological polar surface area (TPSA) is 37.4 Å². The molecule has 98 valence electrons. The van der Waals surface area contributed by atoms with Crippen LogP contribution in [0, 0.1) is 5.92 Å². The second kappa shape index (κ2) is 6.34. The lowest BCUT2D eigenvalue weighted by Gasteiger charge is -2.33. The van der Waals surface area contributed by atoms with Crippen LogP contribution in [0.25, 0.3) is 0 Å². The SMILES string of the molecule is CC(=O)C[C@H](C(C)C)N(C(C)=O)c1ccccc1. The van der Waals surface area contributed by atoms with E-state index in [1.807, 2.05) is 44.2 Å². The third-order valence-electron chi connectivity index (χ3n) is 2.97. The van der Waals surface area contributed by atoms with Crippen molar-refractivity contribution in [1.29, 1.82) is 0 Å². The zero-order chi connectivity index (χ0) is 13.7. The van der Waals surface area contributed by atoms with Crippen molar-refractivity contribution in [2.45, 2.75) is 40.2 Å². The van der Waals surface area contributed by atoms with E-state index < -0.39 is 0 Å². The summed E-state index contributed by atoms with van der Waals surface area (Å²) in [5.41, 5.74) is 0.852. The van der Waals surface area contributed by atoms with Crippen LogP contribution >= 0.6 is 0 Å². The highest BCUT2D eigenvalue weighted by Crippen LogP contribution is 2.23. The molecular formula is C15H21NO2. The lowest BCUT2D eigenvalue weighted by atomic mass is 9.96. The predicted octanol–water partition coefficient (Wildman–Crippen LogP) is 3.04. The Morgan fingerprint density at radius 3 is 2.06 bits per heavy atom. The first-order valence-electron chi connectivity index (χ1n) is 6.27. The number of ketones is 1. The predicted molar refractivity (Wildman–Crippen MR) is 73.5 cm³/mol. The molecule has 0 unspecified atom stereocenters. The highest BCUT2D eigenvalue weighted by Gasteiger charge is 2.26. The van der Waals surface area contributed by atoms with Gasteiger partial charge in [-0.1, -0.05) is 32.0 Å². The van der Waals surface area contributed by atoms with Gasteiger partial charge in [0, 0.05) is 25.1 Å².